The molecule has 1 aliphatic heterocycles. The van der Waals surface area contributed by atoms with Gasteiger partial charge in [0.05, 0.1) is 13.2 Å². The fraction of sp³-hybridized carbons (Fsp3) is 0.667. The highest BCUT2D eigenvalue weighted by Crippen LogP contribution is 2.24. The summed E-state index contributed by atoms with van der Waals surface area (Å²) in [5.74, 6) is 1.32. The van der Waals surface area contributed by atoms with Gasteiger partial charge in [0, 0.05) is 25.6 Å². The fourth-order valence-corrected chi connectivity index (χ4v) is 3.35. The molecule has 0 saturated carbocycles. The molecule has 168 valence electrons. The molecule has 1 N–H and O–H groups in total. The zero-order valence-electron chi connectivity index (χ0n) is 19.2. The van der Waals surface area contributed by atoms with Crippen molar-refractivity contribution >= 4 is 12.0 Å². The Morgan fingerprint density at radius 3 is 2.33 bits per heavy atom. The highest BCUT2D eigenvalue weighted by atomic mass is 16.5. The van der Waals surface area contributed by atoms with E-state index in [4.69, 9.17) is 9.47 Å². The minimum Gasteiger partial charge on any atom is -0.494 e. The zero-order chi connectivity index (χ0) is 22.1. The summed E-state index contributed by atoms with van der Waals surface area (Å²) < 4.78 is 10.9. The average molecular weight is 419 g/mol. The molecule has 6 nitrogen and oxygen atoms in total. The van der Waals surface area contributed by atoms with Crippen LogP contribution in [0, 0.1) is 5.92 Å². The van der Waals surface area contributed by atoms with E-state index < -0.39 is 0 Å². The summed E-state index contributed by atoms with van der Waals surface area (Å²) in [5, 5.41) is 2.90. The summed E-state index contributed by atoms with van der Waals surface area (Å²) in [5.41, 5.74) is 1.40. The summed E-state index contributed by atoms with van der Waals surface area (Å²) in [7, 11) is 0. The Kier molecular flexibility index (Phi) is 9.00. The number of amides is 2. The van der Waals surface area contributed by atoms with E-state index in [1.165, 1.54) is 5.56 Å². The lowest BCUT2D eigenvalue weighted by molar-refractivity contribution is -0.132. The van der Waals surface area contributed by atoms with Gasteiger partial charge in [-0.3, -0.25) is 4.79 Å². The third kappa shape index (κ3) is 8.25. The summed E-state index contributed by atoms with van der Waals surface area (Å²) in [6.07, 6.45) is 2.34. The van der Waals surface area contributed by atoms with Gasteiger partial charge in [0.2, 0.25) is 5.91 Å². The first-order chi connectivity index (χ1) is 14.1. The van der Waals surface area contributed by atoms with Gasteiger partial charge in [-0.25, -0.2) is 4.79 Å². The predicted molar refractivity (Wildman–Crippen MR) is 119 cm³/mol. The number of rotatable bonds is 8. The number of nitrogens with one attached hydrogen (secondary N) is 1. The molecule has 1 aliphatic rings. The number of carbonyl (C=O) groups is 2. The second kappa shape index (κ2) is 11.2. The van der Waals surface area contributed by atoms with Crippen molar-refractivity contribution in [3.8, 4) is 5.75 Å². The van der Waals surface area contributed by atoms with Crippen molar-refractivity contribution in [2.24, 2.45) is 5.92 Å². The van der Waals surface area contributed by atoms with Crippen molar-refractivity contribution < 1.29 is 19.1 Å². The van der Waals surface area contributed by atoms with Gasteiger partial charge in [-0.05, 0) is 48.3 Å². The van der Waals surface area contributed by atoms with Crippen molar-refractivity contribution in [3.63, 3.8) is 0 Å². The highest BCUT2D eigenvalue weighted by molar-refractivity contribution is 5.76. The Balaban J connectivity index is 1.61. The molecule has 6 heteroatoms. The fourth-order valence-electron chi connectivity index (χ4n) is 3.35. The molecular weight excluding hydrogens is 380 g/mol. The van der Waals surface area contributed by atoms with E-state index in [0.29, 0.717) is 45.1 Å². The van der Waals surface area contributed by atoms with Gasteiger partial charge in [-0.2, -0.15) is 0 Å². The number of hydrogen-bond donors (Lipinski definition) is 1. The van der Waals surface area contributed by atoms with Crippen molar-refractivity contribution in [1.82, 2.24) is 10.2 Å². The monoisotopic (exact) mass is 418 g/mol. The average Bonchev–Trinajstić information content (AvgIpc) is 2.70. The van der Waals surface area contributed by atoms with Crippen LogP contribution in [0.4, 0.5) is 4.79 Å². The molecule has 1 heterocycles. The molecule has 0 atom stereocenters. The number of ether oxygens (including phenoxy) is 2. The Morgan fingerprint density at radius 1 is 1.13 bits per heavy atom. The largest absolute Gasteiger partial charge is 0.494 e. The summed E-state index contributed by atoms with van der Waals surface area (Å²) in [6.45, 7) is 12.9. The molecule has 0 aliphatic carbocycles. The first-order valence-electron chi connectivity index (χ1n) is 11.1. The van der Waals surface area contributed by atoms with Gasteiger partial charge < -0.3 is 19.7 Å². The van der Waals surface area contributed by atoms with Gasteiger partial charge in [0.1, 0.15) is 5.75 Å². The molecule has 1 fully saturated rings. The number of hydrogen-bond acceptors (Lipinski definition) is 4. The van der Waals surface area contributed by atoms with E-state index in [9.17, 15) is 9.59 Å². The van der Waals surface area contributed by atoms with Crippen LogP contribution in [0.3, 0.4) is 0 Å². The molecule has 2 rings (SSSR count). The van der Waals surface area contributed by atoms with Crippen molar-refractivity contribution in [2.75, 3.05) is 26.3 Å². The minimum absolute atomic E-state index is 0.0770. The molecule has 1 saturated heterocycles. The van der Waals surface area contributed by atoms with Gasteiger partial charge in [-0.15, -0.1) is 0 Å². The molecule has 0 radical (unpaired) electrons. The van der Waals surface area contributed by atoms with Crippen LogP contribution in [-0.4, -0.2) is 49.2 Å². The Labute approximate surface area is 181 Å². The maximum atomic E-state index is 12.4. The molecule has 1 aromatic carbocycles. The first-order valence-corrected chi connectivity index (χ1v) is 11.1. The van der Waals surface area contributed by atoms with E-state index in [2.05, 4.69) is 38.2 Å². The predicted octanol–water partition coefficient (Wildman–Crippen LogP) is 4.52. The lowest BCUT2D eigenvalue weighted by Gasteiger charge is -2.32. The van der Waals surface area contributed by atoms with Crippen LogP contribution in [0.25, 0.3) is 0 Å². The lowest BCUT2D eigenvalue weighted by atomic mass is 9.87. The molecule has 0 bridgehead atoms. The first kappa shape index (κ1) is 24.0. The van der Waals surface area contributed by atoms with E-state index in [1.807, 2.05) is 30.9 Å². The molecule has 1 aromatic rings. The minimum atomic E-state index is -0.360. The molecule has 30 heavy (non-hydrogen) atoms. The normalized spacial score (nSPS) is 15.2. The molecule has 0 aromatic heterocycles. The smallest absolute Gasteiger partial charge is 0.407 e. The van der Waals surface area contributed by atoms with Crippen LogP contribution in [0.5, 0.6) is 5.75 Å². The quantitative estimate of drug-likeness (QED) is 0.631. The second-order valence-corrected chi connectivity index (χ2v) is 9.52. The Hall–Kier alpha value is -2.24. The van der Waals surface area contributed by atoms with Crippen LogP contribution < -0.4 is 10.1 Å². The third-order valence-electron chi connectivity index (χ3n) is 5.24. The third-order valence-corrected chi connectivity index (χ3v) is 5.24. The van der Waals surface area contributed by atoms with Gasteiger partial charge in [0.15, 0.2) is 0 Å². The van der Waals surface area contributed by atoms with Crippen LogP contribution in [-0.2, 0) is 14.9 Å². The molecule has 0 unspecified atom stereocenters. The van der Waals surface area contributed by atoms with Crippen LogP contribution >= 0.6 is 0 Å². The van der Waals surface area contributed by atoms with Crippen LogP contribution in [0.2, 0.25) is 0 Å². The summed E-state index contributed by atoms with van der Waals surface area (Å²) in [4.78, 5) is 26.1. The number of alkyl carbamates (subject to hydrolysis) is 1. The topological polar surface area (TPSA) is 67.9 Å². The number of piperidine rings is 1. The van der Waals surface area contributed by atoms with E-state index in [0.717, 1.165) is 18.6 Å². The lowest BCUT2D eigenvalue weighted by Crippen LogP contribution is -2.46. The Morgan fingerprint density at radius 2 is 1.77 bits per heavy atom. The molecular formula is C24H38N2O4. The molecule has 2 amide bonds. The maximum Gasteiger partial charge on any atom is 0.407 e. The summed E-state index contributed by atoms with van der Waals surface area (Å²) >= 11 is 0. The Bertz CT molecular complexity index is 671. The zero-order valence-corrected chi connectivity index (χ0v) is 19.2. The second-order valence-electron chi connectivity index (χ2n) is 9.52. The van der Waals surface area contributed by atoms with E-state index >= 15 is 0 Å². The maximum absolute atomic E-state index is 12.4. The number of carbonyl (C=O) groups excluding carboxylic acids is 2. The number of likely N-dealkylation sites (tertiary alicyclic amines) is 1. The van der Waals surface area contributed by atoms with Crippen molar-refractivity contribution in [2.45, 2.75) is 71.8 Å². The highest BCUT2D eigenvalue weighted by Gasteiger charge is 2.24. The van der Waals surface area contributed by atoms with Gasteiger partial charge in [0.25, 0.3) is 0 Å². The molecule has 0 spiro atoms. The van der Waals surface area contributed by atoms with Crippen LogP contribution in [0.1, 0.15) is 65.9 Å². The van der Waals surface area contributed by atoms with E-state index in [-0.39, 0.29) is 23.5 Å². The number of nitrogens with zero attached hydrogens (tertiary/aromatic N) is 1. The standard InChI is InChI=1S/C24H38N2O4/c1-18(2)17-30-23(28)25-20-12-14-26(15-13-20)22(27)7-6-16-29-21-10-8-19(9-11-21)24(3,4)5/h8-11,18,20H,6-7,12-17H2,1-5H3,(H,25,28). The number of benzene rings is 1. The van der Waals surface area contributed by atoms with Crippen molar-refractivity contribution in [1.29, 1.82) is 0 Å². The summed E-state index contributed by atoms with van der Waals surface area (Å²) in [6, 6.07) is 8.25. The van der Waals surface area contributed by atoms with Gasteiger partial charge >= 0.3 is 6.09 Å². The van der Waals surface area contributed by atoms with Crippen molar-refractivity contribution in [3.05, 3.63) is 29.8 Å². The SMILES string of the molecule is CC(C)COC(=O)NC1CCN(C(=O)CCCOc2ccc(C(C)(C)C)cc2)CC1. The van der Waals surface area contributed by atoms with Gasteiger partial charge in [-0.1, -0.05) is 46.8 Å². The van der Waals surface area contributed by atoms with Crippen LogP contribution in [0.15, 0.2) is 24.3 Å². The van der Waals surface area contributed by atoms with E-state index in [1.54, 1.807) is 0 Å².